The van der Waals surface area contributed by atoms with Crippen molar-refractivity contribution in [2.24, 2.45) is 0 Å². The van der Waals surface area contributed by atoms with E-state index in [0.29, 0.717) is 13.5 Å². The van der Waals surface area contributed by atoms with E-state index in [9.17, 15) is 23.1 Å². The molecule has 0 aliphatic heterocycles. The molecular formula is C18H18F3NO2. The number of amides is 1. The summed E-state index contributed by atoms with van der Waals surface area (Å²) in [5, 5.41) is 9.64. The first-order valence-corrected chi connectivity index (χ1v) is 7.32. The number of hydrogen-bond acceptors (Lipinski definition) is 2. The van der Waals surface area contributed by atoms with Gasteiger partial charge in [-0.25, -0.2) is 0 Å². The molecule has 0 spiro atoms. The van der Waals surface area contributed by atoms with Crippen molar-refractivity contribution >= 4 is 5.91 Å². The Bertz CT molecular complexity index is 694. The van der Waals surface area contributed by atoms with E-state index in [2.05, 4.69) is 0 Å². The van der Waals surface area contributed by atoms with Crippen LogP contribution in [-0.4, -0.2) is 29.1 Å². The molecule has 2 aromatic carbocycles. The highest BCUT2D eigenvalue weighted by molar-refractivity contribution is 5.94. The summed E-state index contributed by atoms with van der Waals surface area (Å²) in [6.07, 6.45) is -4.79. The van der Waals surface area contributed by atoms with Crippen molar-refractivity contribution in [3.63, 3.8) is 0 Å². The van der Waals surface area contributed by atoms with Gasteiger partial charge in [0.2, 0.25) is 0 Å². The highest BCUT2D eigenvalue weighted by Gasteiger charge is 2.51. The smallest absolute Gasteiger partial charge is 0.376 e. The van der Waals surface area contributed by atoms with Gasteiger partial charge in [0.25, 0.3) is 5.91 Å². The van der Waals surface area contributed by atoms with Crippen molar-refractivity contribution < 1.29 is 23.1 Å². The molecule has 1 amide bonds. The zero-order valence-electron chi connectivity index (χ0n) is 13.3. The predicted octanol–water partition coefficient (Wildman–Crippen LogP) is 3.73. The third-order valence-corrected chi connectivity index (χ3v) is 3.86. The van der Waals surface area contributed by atoms with Crippen LogP contribution in [0.3, 0.4) is 0 Å². The number of carbonyl (C=O) groups excluding carboxylic acids is 1. The van der Waals surface area contributed by atoms with Gasteiger partial charge in [0, 0.05) is 19.2 Å². The number of hydrogen-bond donors (Lipinski definition) is 1. The summed E-state index contributed by atoms with van der Waals surface area (Å²) in [7, 11) is 1.62. The Hall–Kier alpha value is -2.34. The normalized spacial score (nSPS) is 14.1. The third-order valence-electron chi connectivity index (χ3n) is 3.86. The number of aliphatic hydroxyl groups is 1. The molecule has 24 heavy (non-hydrogen) atoms. The molecule has 0 bridgehead atoms. The zero-order chi connectivity index (χ0) is 18.0. The second-order valence-electron chi connectivity index (χ2n) is 5.79. The summed E-state index contributed by atoms with van der Waals surface area (Å²) in [5.74, 6) is -0.308. The number of rotatable bonds is 4. The summed E-state index contributed by atoms with van der Waals surface area (Å²) >= 11 is 0. The van der Waals surface area contributed by atoms with Crippen LogP contribution < -0.4 is 0 Å². The SMILES string of the molecule is CN(Cc1ccccc1)C(=O)c1ccc(C(C)(O)C(F)(F)F)cc1. The lowest BCUT2D eigenvalue weighted by Crippen LogP contribution is -2.39. The van der Waals surface area contributed by atoms with E-state index in [0.717, 1.165) is 17.7 Å². The molecule has 0 saturated carbocycles. The second kappa shape index (κ2) is 6.65. The Morgan fingerprint density at radius 1 is 1.04 bits per heavy atom. The van der Waals surface area contributed by atoms with Gasteiger partial charge in [0.15, 0.2) is 5.60 Å². The Kier molecular flexibility index (Phi) is 4.99. The minimum Gasteiger partial charge on any atom is -0.376 e. The minimum atomic E-state index is -4.79. The molecule has 2 aromatic rings. The van der Waals surface area contributed by atoms with Crippen molar-refractivity contribution in [2.75, 3.05) is 7.05 Å². The first-order valence-electron chi connectivity index (χ1n) is 7.32. The lowest BCUT2D eigenvalue weighted by Gasteiger charge is -2.27. The number of benzene rings is 2. The molecule has 6 heteroatoms. The maximum absolute atomic E-state index is 12.8. The molecule has 3 nitrogen and oxygen atoms in total. The van der Waals surface area contributed by atoms with Crippen molar-refractivity contribution in [3.8, 4) is 0 Å². The van der Waals surface area contributed by atoms with Gasteiger partial charge < -0.3 is 10.0 Å². The molecular weight excluding hydrogens is 319 g/mol. The summed E-state index contributed by atoms with van der Waals surface area (Å²) < 4.78 is 38.5. The predicted molar refractivity (Wildman–Crippen MR) is 84.3 cm³/mol. The average Bonchev–Trinajstić information content (AvgIpc) is 2.54. The standard InChI is InChI=1S/C18H18F3NO2/c1-17(24,18(19,20)21)15-10-8-14(9-11-15)16(23)22(2)12-13-6-4-3-5-7-13/h3-11,24H,12H2,1-2H3. The molecule has 1 N–H and O–H groups in total. The average molecular weight is 337 g/mol. The maximum atomic E-state index is 12.8. The van der Waals surface area contributed by atoms with Crippen LogP contribution in [0.4, 0.5) is 13.2 Å². The van der Waals surface area contributed by atoms with Crippen molar-refractivity contribution in [3.05, 3.63) is 71.3 Å². The molecule has 1 atom stereocenters. The lowest BCUT2D eigenvalue weighted by atomic mass is 9.94. The molecule has 0 radical (unpaired) electrons. The molecule has 0 aliphatic rings. The van der Waals surface area contributed by atoms with Crippen molar-refractivity contribution in [1.82, 2.24) is 4.90 Å². The van der Waals surface area contributed by atoms with Crippen LogP contribution in [-0.2, 0) is 12.1 Å². The quantitative estimate of drug-likeness (QED) is 0.923. The van der Waals surface area contributed by atoms with Crippen LogP contribution >= 0.6 is 0 Å². The fourth-order valence-electron chi connectivity index (χ4n) is 2.25. The number of halogens is 3. The highest BCUT2D eigenvalue weighted by Crippen LogP contribution is 2.38. The Morgan fingerprint density at radius 3 is 2.08 bits per heavy atom. The Balaban J connectivity index is 2.14. The van der Waals surface area contributed by atoms with E-state index in [-0.39, 0.29) is 17.0 Å². The van der Waals surface area contributed by atoms with Crippen LogP contribution in [0.15, 0.2) is 54.6 Å². The van der Waals surface area contributed by atoms with E-state index in [1.165, 1.54) is 17.0 Å². The molecule has 128 valence electrons. The number of nitrogens with zero attached hydrogens (tertiary/aromatic N) is 1. The van der Waals surface area contributed by atoms with Crippen LogP contribution in [0.2, 0.25) is 0 Å². The first kappa shape index (κ1) is 18.0. The van der Waals surface area contributed by atoms with Crippen molar-refractivity contribution in [1.29, 1.82) is 0 Å². The van der Waals surface area contributed by atoms with Gasteiger partial charge in [-0.1, -0.05) is 42.5 Å². The van der Waals surface area contributed by atoms with Gasteiger partial charge >= 0.3 is 6.18 Å². The van der Waals surface area contributed by atoms with Gasteiger partial charge in [-0.05, 0) is 30.2 Å². The molecule has 0 aliphatic carbocycles. The zero-order valence-corrected chi connectivity index (χ0v) is 13.3. The van der Waals surface area contributed by atoms with Gasteiger partial charge in [-0.2, -0.15) is 13.2 Å². The molecule has 0 heterocycles. The number of alkyl halides is 3. The molecule has 2 rings (SSSR count). The van der Waals surface area contributed by atoms with Crippen LogP contribution in [0.1, 0.15) is 28.4 Å². The van der Waals surface area contributed by atoms with Gasteiger partial charge in [-0.3, -0.25) is 4.79 Å². The topological polar surface area (TPSA) is 40.5 Å². The lowest BCUT2D eigenvalue weighted by molar-refractivity contribution is -0.258. The van der Waals surface area contributed by atoms with E-state index in [1.807, 2.05) is 30.3 Å². The fraction of sp³-hybridized carbons (Fsp3) is 0.278. The van der Waals surface area contributed by atoms with Crippen LogP contribution in [0.5, 0.6) is 0 Å². The molecule has 0 saturated heterocycles. The summed E-state index contributed by atoms with van der Waals surface area (Å²) in [6, 6.07) is 14.2. The van der Waals surface area contributed by atoms with E-state index < -0.39 is 11.8 Å². The summed E-state index contributed by atoms with van der Waals surface area (Å²) in [6.45, 7) is 1.08. The molecule has 1 unspecified atom stereocenters. The number of carbonyl (C=O) groups is 1. The fourth-order valence-corrected chi connectivity index (χ4v) is 2.25. The monoisotopic (exact) mass is 337 g/mol. The van der Waals surface area contributed by atoms with Crippen LogP contribution in [0, 0.1) is 0 Å². The minimum absolute atomic E-state index is 0.259. The Labute approximate surface area is 138 Å². The van der Waals surface area contributed by atoms with E-state index in [4.69, 9.17) is 0 Å². The largest absolute Gasteiger partial charge is 0.421 e. The van der Waals surface area contributed by atoms with Gasteiger partial charge in [0.1, 0.15) is 0 Å². The van der Waals surface area contributed by atoms with Crippen LogP contribution in [0.25, 0.3) is 0 Å². The summed E-state index contributed by atoms with van der Waals surface area (Å²) in [5.41, 5.74) is -2.05. The third kappa shape index (κ3) is 3.76. The molecule has 0 fully saturated rings. The maximum Gasteiger partial charge on any atom is 0.421 e. The second-order valence-corrected chi connectivity index (χ2v) is 5.79. The molecule has 0 aromatic heterocycles. The Morgan fingerprint density at radius 2 is 1.58 bits per heavy atom. The van der Waals surface area contributed by atoms with Gasteiger partial charge in [-0.15, -0.1) is 0 Å². The summed E-state index contributed by atoms with van der Waals surface area (Å²) in [4.78, 5) is 13.8. The van der Waals surface area contributed by atoms with E-state index >= 15 is 0 Å². The van der Waals surface area contributed by atoms with Crippen molar-refractivity contribution in [2.45, 2.75) is 25.2 Å². The first-order chi connectivity index (χ1) is 11.1. The van der Waals surface area contributed by atoms with Gasteiger partial charge in [0.05, 0.1) is 0 Å². The highest BCUT2D eigenvalue weighted by atomic mass is 19.4. The van der Waals surface area contributed by atoms with E-state index in [1.54, 1.807) is 7.05 Å².